The third-order valence-corrected chi connectivity index (χ3v) is 1.86. The number of carboxylic acid groups (broad SMARTS) is 1. The Bertz CT molecular complexity index is 515. The van der Waals surface area contributed by atoms with Gasteiger partial charge < -0.3 is 5.11 Å². The molecule has 0 aliphatic carbocycles. The molecule has 0 saturated heterocycles. The Morgan fingerprint density at radius 3 is 2.69 bits per heavy atom. The van der Waals surface area contributed by atoms with E-state index in [4.69, 9.17) is 10.4 Å². The summed E-state index contributed by atoms with van der Waals surface area (Å²) in [4.78, 5) is 21.0. The van der Waals surface area contributed by atoms with Gasteiger partial charge in [-0.3, -0.25) is 4.79 Å². The van der Waals surface area contributed by atoms with E-state index in [0.717, 1.165) is 18.2 Å². The Morgan fingerprint density at radius 2 is 2.19 bits per heavy atom. The van der Waals surface area contributed by atoms with Gasteiger partial charge in [0.25, 0.3) is 0 Å². The number of benzene rings is 1. The highest BCUT2D eigenvalue weighted by molar-refractivity contribution is 5.90. The second-order valence-electron chi connectivity index (χ2n) is 2.83. The van der Waals surface area contributed by atoms with E-state index >= 15 is 0 Å². The number of aliphatic carboxylic acids is 1. The third-order valence-electron chi connectivity index (χ3n) is 1.86. The monoisotopic (exact) mass is 219 g/mol. The summed E-state index contributed by atoms with van der Waals surface area (Å²) in [5, 5.41) is 17.0. The fourth-order valence-corrected chi connectivity index (χ4v) is 1.16. The molecule has 80 valence electrons. The van der Waals surface area contributed by atoms with Crippen LogP contribution in [0.4, 0.5) is 4.39 Å². The lowest BCUT2D eigenvalue weighted by molar-refractivity contribution is -0.131. The molecule has 0 saturated carbocycles. The number of halogens is 1. The predicted octanol–water partition coefficient (Wildman–Crippen LogP) is 1.61. The number of aldehydes is 1. The minimum absolute atomic E-state index is 0.153. The zero-order chi connectivity index (χ0) is 12.1. The smallest absolute Gasteiger partial charge is 0.328 e. The molecule has 0 radical (unpaired) electrons. The van der Waals surface area contributed by atoms with Gasteiger partial charge in [-0.05, 0) is 17.7 Å². The molecule has 4 nitrogen and oxygen atoms in total. The van der Waals surface area contributed by atoms with E-state index in [1.807, 2.05) is 0 Å². The van der Waals surface area contributed by atoms with Crippen LogP contribution in [0.2, 0.25) is 0 Å². The summed E-state index contributed by atoms with van der Waals surface area (Å²) in [6.07, 6.45) is 2.26. The molecular weight excluding hydrogens is 213 g/mol. The number of carbonyl (C=O) groups is 2. The Balaban J connectivity index is 3.37. The summed E-state index contributed by atoms with van der Waals surface area (Å²) in [5.74, 6) is -2.00. The fraction of sp³-hybridized carbons (Fsp3) is 0. The highest BCUT2D eigenvalue weighted by Crippen LogP contribution is 2.17. The maximum Gasteiger partial charge on any atom is 0.328 e. The molecule has 0 spiro atoms. The Morgan fingerprint density at radius 1 is 1.50 bits per heavy atom. The van der Waals surface area contributed by atoms with Crippen LogP contribution in [0.15, 0.2) is 18.2 Å². The molecule has 0 amide bonds. The highest BCUT2D eigenvalue weighted by Gasteiger charge is 2.11. The summed E-state index contributed by atoms with van der Waals surface area (Å²) >= 11 is 0. The normalized spacial score (nSPS) is 10.0. The van der Waals surface area contributed by atoms with Crippen LogP contribution in [-0.2, 0) is 4.79 Å². The van der Waals surface area contributed by atoms with E-state index in [1.165, 1.54) is 6.07 Å². The van der Waals surface area contributed by atoms with Crippen LogP contribution >= 0.6 is 0 Å². The molecule has 1 aromatic rings. The average Bonchev–Trinajstić information content (AvgIpc) is 2.26. The predicted molar refractivity (Wildman–Crippen MR) is 53.2 cm³/mol. The van der Waals surface area contributed by atoms with E-state index in [-0.39, 0.29) is 16.7 Å². The molecule has 1 aromatic carbocycles. The third kappa shape index (κ3) is 2.30. The van der Waals surface area contributed by atoms with Crippen molar-refractivity contribution in [2.75, 3.05) is 0 Å². The van der Waals surface area contributed by atoms with Gasteiger partial charge in [0.05, 0.1) is 5.56 Å². The van der Waals surface area contributed by atoms with Crippen molar-refractivity contribution in [2.24, 2.45) is 0 Å². The van der Waals surface area contributed by atoms with Crippen LogP contribution < -0.4 is 0 Å². The average molecular weight is 219 g/mol. The van der Waals surface area contributed by atoms with Crippen LogP contribution in [0.5, 0.6) is 0 Å². The Labute approximate surface area is 90.2 Å². The lowest BCUT2D eigenvalue weighted by atomic mass is 10.0. The topological polar surface area (TPSA) is 78.2 Å². The molecule has 1 rings (SSSR count). The van der Waals surface area contributed by atoms with Gasteiger partial charge in [0.1, 0.15) is 11.9 Å². The molecule has 0 bridgehead atoms. The largest absolute Gasteiger partial charge is 0.478 e. The molecule has 0 unspecified atom stereocenters. The van der Waals surface area contributed by atoms with Crippen molar-refractivity contribution < 1.29 is 19.1 Å². The molecule has 0 aromatic heterocycles. The number of hydrogen-bond acceptors (Lipinski definition) is 3. The van der Waals surface area contributed by atoms with Crippen LogP contribution in [-0.4, -0.2) is 17.4 Å². The first-order chi connectivity index (χ1) is 7.60. The summed E-state index contributed by atoms with van der Waals surface area (Å²) in [7, 11) is 0. The second-order valence-corrected chi connectivity index (χ2v) is 2.83. The number of rotatable bonds is 3. The van der Waals surface area contributed by atoms with E-state index in [1.54, 1.807) is 6.07 Å². The summed E-state index contributed by atoms with van der Waals surface area (Å²) in [5.41, 5.74) is -0.349. The van der Waals surface area contributed by atoms with Gasteiger partial charge in [0.2, 0.25) is 0 Å². The van der Waals surface area contributed by atoms with Gasteiger partial charge in [0, 0.05) is 11.6 Å². The molecule has 0 heterocycles. The molecular formula is C11H6FNO3. The van der Waals surface area contributed by atoms with Crippen molar-refractivity contribution in [3.8, 4) is 6.07 Å². The minimum Gasteiger partial charge on any atom is -0.478 e. The van der Waals surface area contributed by atoms with Gasteiger partial charge in [0.15, 0.2) is 6.29 Å². The summed E-state index contributed by atoms with van der Waals surface area (Å²) in [6, 6.07) is 3.80. The molecule has 0 fully saturated rings. The van der Waals surface area contributed by atoms with Crippen molar-refractivity contribution in [1.82, 2.24) is 0 Å². The van der Waals surface area contributed by atoms with Crippen molar-refractivity contribution in [1.29, 1.82) is 5.26 Å². The van der Waals surface area contributed by atoms with Crippen LogP contribution in [0.1, 0.15) is 21.5 Å². The molecule has 16 heavy (non-hydrogen) atoms. The first-order valence-corrected chi connectivity index (χ1v) is 4.19. The second kappa shape index (κ2) is 4.84. The zero-order valence-electron chi connectivity index (χ0n) is 7.98. The quantitative estimate of drug-likeness (QED) is 0.618. The van der Waals surface area contributed by atoms with E-state index < -0.39 is 11.8 Å². The van der Waals surface area contributed by atoms with Crippen molar-refractivity contribution in [3.05, 3.63) is 40.7 Å². The van der Waals surface area contributed by atoms with Crippen molar-refractivity contribution in [3.63, 3.8) is 0 Å². The minimum atomic E-state index is -1.19. The van der Waals surface area contributed by atoms with Crippen LogP contribution in [0, 0.1) is 17.1 Å². The molecule has 0 atom stereocenters. The standard InChI is InChI=1S/C11H6FNO3/c12-10-3-1-7(2-4-11(15)16)9(6-14)8(10)5-13/h1-4,6H,(H,15,16)/b4-2+. The van der Waals surface area contributed by atoms with Crippen LogP contribution in [0.25, 0.3) is 6.08 Å². The number of nitriles is 1. The number of carbonyl (C=O) groups excluding carboxylic acids is 1. The molecule has 1 N–H and O–H groups in total. The van der Waals surface area contributed by atoms with E-state index in [0.29, 0.717) is 6.29 Å². The van der Waals surface area contributed by atoms with Gasteiger partial charge in [-0.2, -0.15) is 5.26 Å². The maximum absolute atomic E-state index is 13.1. The van der Waals surface area contributed by atoms with Crippen molar-refractivity contribution in [2.45, 2.75) is 0 Å². The SMILES string of the molecule is N#Cc1c(F)ccc(/C=C/C(=O)O)c1C=O. The molecule has 5 heteroatoms. The first kappa shape index (κ1) is 11.6. The van der Waals surface area contributed by atoms with Crippen molar-refractivity contribution >= 4 is 18.3 Å². The summed E-state index contributed by atoms with van der Waals surface area (Å²) < 4.78 is 13.1. The zero-order valence-corrected chi connectivity index (χ0v) is 7.98. The highest BCUT2D eigenvalue weighted by atomic mass is 19.1. The lowest BCUT2D eigenvalue weighted by Gasteiger charge is -2.01. The lowest BCUT2D eigenvalue weighted by Crippen LogP contribution is -1.96. The number of hydrogen-bond donors (Lipinski definition) is 1. The summed E-state index contributed by atoms with van der Waals surface area (Å²) in [6.45, 7) is 0. The first-order valence-electron chi connectivity index (χ1n) is 4.19. The Hall–Kier alpha value is -2.48. The van der Waals surface area contributed by atoms with E-state index in [2.05, 4.69) is 0 Å². The molecule has 0 aliphatic rings. The van der Waals surface area contributed by atoms with Gasteiger partial charge >= 0.3 is 5.97 Å². The maximum atomic E-state index is 13.1. The van der Waals surface area contributed by atoms with Crippen LogP contribution in [0.3, 0.4) is 0 Å². The molecule has 0 aliphatic heterocycles. The Kier molecular flexibility index (Phi) is 3.51. The number of carboxylic acids is 1. The van der Waals surface area contributed by atoms with Gasteiger partial charge in [-0.1, -0.05) is 6.07 Å². The van der Waals surface area contributed by atoms with Gasteiger partial charge in [-0.25, -0.2) is 9.18 Å². The fourth-order valence-electron chi connectivity index (χ4n) is 1.16. The van der Waals surface area contributed by atoms with E-state index in [9.17, 15) is 14.0 Å². The number of nitrogens with zero attached hydrogens (tertiary/aromatic N) is 1. The van der Waals surface area contributed by atoms with Gasteiger partial charge in [-0.15, -0.1) is 0 Å².